The maximum atomic E-state index is 12.3. The average Bonchev–Trinajstić information content (AvgIpc) is 3.15. The number of nitrogens with two attached hydrogens (primary N) is 1. The summed E-state index contributed by atoms with van der Waals surface area (Å²) in [6.45, 7) is 3.13. The predicted molar refractivity (Wildman–Crippen MR) is 65.8 cm³/mol. The Bertz CT molecular complexity index is 302. The van der Waals surface area contributed by atoms with E-state index in [4.69, 9.17) is 15.2 Å². The van der Waals surface area contributed by atoms with Gasteiger partial charge in [0.15, 0.2) is 0 Å². The minimum atomic E-state index is -0.444. The zero-order chi connectivity index (χ0) is 13.6. The lowest BCUT2D eigenvalue weighted by atomic mass is 10.1. The van der Waals surface area contributed by atoms with Gasteiger partial charge >= 0.3 is 5.97 Å². The first kappa shape index (κ1) is 14.9. The topological polar surface area (TPSA) is 81.9 Å². The van der Waals surface area contributed by atoms with Crippen LogP contribution in [0, 0.1) is 5.41 Å². The van der Waals surface area contributed by atoms with Crippen LogP contribution in [0.25, 0.3) is 0 Å². The Morgan fingerprint density at radius 1 is 1.39 bits per heavy atom. The van der Waals surface area contributed by atoms with Crippen molar-refractivity contribution >= 4 is 11.9 Å². The number of hydrogen-bond donors (Lipinski definition) is 1. The molecule has 104 valence electrons. The smallest absolute Gasteiger partial charge is 0.325 e. The first-order chi connectivity index (χ1) is 8.59. The van der Waals surface area contributed by atoms with Crippen molar-refractivity contribution in [3.8, 4) is 0 Å². The molecule has 1 aliphatic carbocycles. The standard InChI is InChI=1S/C12H22N2O4/c1-3-18-10(15)8-14(6-7-17-2)11(16)12(9-13)4-5-12/h3-9,13H2,1-2H3. The third-order valence-corrected chi connectivity index (χ3v) is 3.18. The minimum Gasteiger partial charge on any atom is -0.465 e. The molecule has 1 rings (SSSR count). The van der Waals surface area contributed by atoms with E-state index in [2.05, 4.69) is 0 Å². The van der Waals surface area contributed by atoms with Gasteiger partial charge in [0.05, 0.1) is 18.6 Å². The zero-order valence-corrected chi connectivity index (χ0v) is 11.1. The average molecular weight is 258 g/mol. The molecule has 1 saturated carbocycles. The van der Waals surface area contributed by atoms with Gasteiger partial charge in [-0.1, -0.05) is 0 Å². The molecule has 0 aliphatic heterocycles. The molecule has 0 bridgehead atoms. The summed E-state index contributed by atoms with van der Waals surface area (Å²) in [5.41, 5.74) is 5.19. The lowest BCUT2D eigenvalue weighted by Crippen LogP contribution is -2.45. The number of esters is 1. The summed E-state index contributed by atoms with van der Waals surface area (Å²) in [6.07, 6.45) is 1.60. The molecule has 18 heavy (non-hydrogen) atoms. The molecule has 6 heteroatoms. The van der Waals surface area contributed by atoms with Crippen LogP contribution < -0.4 is 5.73 Å². The summed E-state index contributed by atoms with van der Waals surface area (Å²) >= 11 is 0. The van der Waals surface area contributed by atoms with Crippen LogP contribution in [-0.4, -0.2) is 56.7 Å². The summed E-state index contributed by atoms with van der Waals surface area (Å²) in [6, 6.07) is 0. The highest BCUT2D eigenvalue weighted by Crippen LogP contribution is 2.46. The Labute approximate surface area is 107 Å². The van der Waals surface area contributed by atoms with Crippen LogP contribution >= 0.6 is 0 Å². The second-order valence-corrected chi connectivity index (χ2v) is 4.51. The molecule has 0 heterocycles. The SMILES string of the molecule is CCOC(=O)CN(CCOC)C(=O)C1(CN)CC1. The number of ether oxygens (including phenoxy) is 2. The number of rotatable bonds is 8. The molecule has 0 spiro atoms. The van der Waals surface area contributed by atoms with Crippen LogP contribution in [0.1, 0.15) is 19.8 Å². The van der Waals surface area contributed by atoms with Crippen molar-refractivity contribution in [2.45, 2.75) is 19.8 Å². The molecule has 0 aromatic rings. The Balaban J connectivity index is 2.59. The van der Waals surface area contributed by atoms with Crippen molar-refractivity contribution in [3.05, 3.63) is 0 Å². The summed E-state index contributed by atoms with van der Waals surface area (Å²) in [7, 11) is 1.56. The number of carbonyl (C=O) groups excluding carboxylic acids is 2. The Hall–Kier alpha value is -1.14. The maximum absolute atomic E-state index is 12.3. The van der Waals surface area contributed by atoms with Crippen LogP contribution in [0.3, 0.4) is 0 Å². The summed E-state index contributed by atoms with van der Waals surface area (Å²) < 4.78 is 9.82. The van der Waals surface area contributed by atoms with Crippen LogP contribution in [0.2, 0.25) is 0 Å². The van der Waals surface area contributed by atoms with E-state index in [1.807, 2.05) is 0 Å². The molecule has 1 amide bonds. The van der Waals surface area contributed by atoms with Crippen LogP contribution in [0.15, 0.2) is 0 Å². The van der Waals surface area contributed by atoms with E-state index >= 15 is 0 Å². The molecule has 0 saturated heterocycles. The van der Waals surface area contributed by atoms with Crippen LogP contribution in [0.5, 0.6) is 0 Å². The number of methoxy groups -OCH3 is 1. The van der Waals surface area contributed by atoms with E-state index < -0.39 is 11.4 Å². The molecule has 6 nitrogen and oxygen atoms in total. The molecule has 1 fully saturated rings. The van der Waals surface area contributed by atoms with Gasteiger partial charge in [0.1, 0.15) is 6.54 Å². The van der Waals surface area contributed by atoms with Crippen molar-refractivity contribution in [2.24, 2.45) is 11.1 Å². The molecule has 2 N–H and O–H groups in total. The van der Waals surface area contributed by atoms with E-state index in [-0.39, 0.29) is 12.5 Å². The largest absolute Gasteiger partial charge is 0.465 e. The molecule has 0 radical (unpaired) electrons. The highest BCUT2D eigenvalue weighted by Gasteiger charge is 2.50. The first-order valence-electron chi connectivity index (χ1n) is 6.23. The fourth-order valence-corrected chi connectivity index (χ4v) is 1.81. The number of amides is 1. The van der Waals surface area contributed by atoms with Gasteiger partial charge in [-0.25, -0.2) is 0 Å². The summed E-state index contributed by atoms with van der Waals surface area (Å²) in [4.78, 5) is 25.2. The molecule has 0 unspecified atom stereocenters. The van der Waals surface area contributed by atoms with Crippen LogP contribution in [-0.2, 0) is 19.1 Å². The molecular weight excluding hydrogens is 236 g/mol. The number of hydrogen-bond acceptors (Lipinski definition) is 5. The molecule has 0 atom stereocenters. The second kappa shape index (κ2) is 6.70. The van der Waals surface area contributed by atoms with E-state index in [1.165, 1.54) is 4.90 Å². The van der Waals surface area contributed by atoms with Crippen molar-refractivity contribution in [1.82, 2.24) is 4.90 Å². The summed E-state index contributed by atoms with van der Waals surface area (Å²) in [5, 5.41) is 0. The Kier molecular flexibility index (Phi) is 5.55. The lowest BCUT2D eigenvalue weighted by Gasteiger charge is -2.25. The number of nitrogens with zero attached hydrogens (tertiary/aromatic N) is 1. The van der Waals surface area contributed by atoms with Gasteiger partial charge in [-0.05, 0) is 19.8 Å². The third kappa shape index (κ3) is 3.68. The van der Waals surface area contributed by atoms with Gasteiger partial charge in [0.2, 0.25) is 5.91 Å². The van der Waals surface area contributed by atoms with Gasteiger partial charge in [-0.2, -0.15) is 0 Å². The van der Waals surface area contributed by atoms with Gasteiger partial charge in [-0.3, -0.25) is 9.59 Å². The zero-order valence-electron chi connectivity index (χ0n) is 11.1. The highest BCUT2D eigenvalue weighted by molar-refractivity contribution is 5.88. The Morgan fingerprint density at radius 3 is 2.50 bits per heavy atom. The van der Waals surface area contributed by atoms with E-state index in [0.29, 0.717) is 26.3 Å². The number of carbonyl (C=O) groups is 2. The highest BCUT2D eigenvalue weighted by atomic mass is 16.5. The van der Waals surface area contributed by atoms with Gasteiger partial charge < -0.3 is 20.1 Å². The quantitative estimate of drug-likeness (QED) is 0.608. The fourth-order valence-electron chi connectivity index (χ4n) is 1.81. The molecule has 0 aromatic heterocycles. The maximum Gasteiger partial charge on any atom is 0.325 e. The van der Waals surface area contributed by atoms with Gasteiger partial charge in [0.25, 0.3) is 0 Å². The summed E-state index contributed by atoms with van der Waals surface area (Å²) in [5.74, 6) is -0.454. The Morgan fingerprint density at radius 2 is 2.06 bits per heavy atom. The fraction of sp³-hybridized carbons (Fsp3) is 0.833. The van der Waals surface area contributed by atoms with Crippen molar-refractivity contribution < 1.29 is 19.1 Å². The minimum absolute atomic E-state index is 0.0300. The second-order valence-electron chi connectivity index (χ2n) is 4.51. The van der Waals surface area contributed by atoms with E-state index in [0.717, 1.165) is 12.8 Å². The normalized spacial score (nSPS) is 16.2. The monoisotopic (exact) mass is 258 g/mol. The van der Waals surface area contributed by atoms with Crippen LogP contribution in [0.4, 0.5) is 0 Å². The third-order valence-electron chi connectivity index (χ3n) is 3.18. The van der Waals surface area contributed by atoms with E-state index in [1.54, 1.807) is 14.0 Å². The van der Waals surface area contributed by atoms with E-state index in [9.17, 15) is 9.59 Å². The van der Waals surface area contributed by atoms with Crippen molar-refractivity contribution in [1.29, 1.82) is 0 Å². The molecule has 1 aliphatic rings. The van der Waals surface area contributed by atoms with Crippen molar-refractivity contribution in [3.63, 3.8) is 0 Å². The first-order valence-corrected chi connectivity index (χ1v) is 6.23. The van der Waals surface area contributed by atoms with Gasteiger partial charge in [-0.15, -0.1) is 0 Å². The van der Waals surface area contributed by atoms with Crippen molar-refractivity contribution in [2.75, 3.05) is 40.0 Å². The molecular formula is C12H22N2O4. The predicted octanol–water partition coefficient (Wildman–Crippen LogP) is -0.237. The molecule has 0 aromatic carbocycles. The van der Waals surface area contributed by atoms with Gasteiger partial charge in [0, 0.05) is 20.2 Å². The lowest BCUT2D eigenvalue weighted by molar-refractivity contribution is -0.151.